The highest BCUT2D eigenvalue weighted by atomic mass is 35.5. The molecule has 0 amide bonds. The van der Waals surface area contributed by atoms with E-state index in [4.69, 9.17) is 11.6 Å². The number of aliphatic hydroxyl groups is 1. The van der Waals surface area contributed by atoms with Gasteiger partial charge in [-0.15, -0.1) is 11.6 Å². The lowest BCUT2D eigenvalue weighted by molar-refractivity contribution is 0.121. The SMILES string of the molecule is O[C@@H]1[C@H]2[C@H]3C[C@H]4[C@H]5C[C@@H]([C@@H]42)[C@@]1(Cl)[C@H]53. The second-order valence-electron chi connectivity index (χ2n) is 6.02. The van der Waals surface area contributed by atoms with Gasteiger partial charge >= 0.3 is 0 Å². The zero-order chi connectivity index (χ0) is 8.53. The summed E-state index contributed by atoms with van der Waals surface area (Å²) >= 11 is 6.71. The smallest absolute Gasteiger partial charge is 0.0772 e. The second-order valence-corrected chi connectivity index (χ2v) is 6.68. The molecule has 0 spiro atoms. The molecule has 13 heavy (non-hydrogen) atoms. The number of hydrogen-bond donors (Lipinski definition) is 1. The Morgan fingerprint density at radius 1 is 1.08 bits per heavy atom. The summed E-state index contributed by atoms with van der Waals surface area (Å²) in [6, 6.07) is 0. The molecule has 0 aromatic carbocycles. The third-order valence-electron chi connectivity index (χ3n) is 6.34. The van der Waals surface area contributed by atoms with Gasteiger partial charge in [-0.05, 0) is 54.3 Å². The minimum atomic E-state index is -0.142. The average molecular weight is 197 g/mol. The standard InChI is InChI=1S/C11H13ClO/c12-11-6-2-4-3-1-5(9(4)11)8(7(3)6)10(11)13/h3-10,13H,1-2H2/t3-,4+,5+,6-,7+,8-,9+,10+,11+/m0/s1. The minimum absolute atomic E-state index is 0.141. The molecule has 0 aromatic rings. The fourth-order valence-electron chi connectivity index (χ4n) is 6.50. The molecule has 6 bridgehead atoms. The van der Waals surface area contributed by atoms with Crippen LogP contribution in [-0.2, 0) is 0 Å². The van der Waals surface area contributed by atoms with Crippen molar-refractivity contribution in [2.45, 2.75) is 23.8 Å². The van der Waals surface area contributed by atoms with E-state index in [2.05, 4.69) is 0 Å². The van der Waals surface area contributed by atoms with Crippen LogP contribution in [0.1, 0.15) is 12.8 Å². The molecule has 1 N–H and O–H groups in total. The summed E-state index contributed by atoms with van der Waals surface area (Å²) in [6.07, 6.45) is 2.62. The molecule has 9 atom stereocenters. The van der Waals surface area contributed by atoms with Crippen molar-refractivity contribution in [2.24, 2.45) is 41.4 Å². The maximum atomic E-state index is 10.2. The van der Waals surface area contributed by atoms with Gasteiger partial charge in [-0.25, -0.2) is 0 Å². The van der Waals surface area contributed by atoms with Crippen molar-refractivity contribution < 1.29 is 5.11 Å². The summed E-state index contributed by atoms with van der Waals surface area (Å²) in [5.74, 6) is 5.61. The van der Waals surface area contributed by atoms with Crippen molar-refractivity contribution in [1.29, 1.82) is 0 Å². The van der Waals surface area contributed by atoms with E-state index in [0.29, 0.717) is 17.8 Å². The highest BCUT2D eigenvalue weighted by Crippen LogP contribution is 2.85. The topological polar surface area (TPSA) is 20.2 Å². The number of aliphatic hydroxyl groups excluding tert-OH is 1. The quantitative estimate of drug-likeness (QED) is 0.582. The molecule has 6 rings (SSSR count). The summed E-state index contributed by atoms with van der Waals surface area (Å²) in [5.41, 5.74) is 0. The largest absolute Gasteiger partial charge is 0.391 e. The molecule has 70 valence electrons. The molecule has 6 aliphatic carbocycles. The van der Waals surface area contributed by atoms with Gasteiger partial charge in [0.25, 0.3) is 0 Å². The molecule has 2 heteroatoms. The molecule has 0 aromatic heterocycles. The Kier molecular flexibility index (Phi) is 0.766. The molecule has 6 aliphatic rings. The van der Waals surface area contributed by atoms with E-state index in [0.717, 1.165) is 23.7 Å². The Balaban J connectivity index is 1.90. The molecule has 0 saturated heterocycles. The van der Waals surface area contributed by atoms with Gasteiger partial charge in [0.15, 0.2) is 0 Å². The molecular formula is C11H13ClO. The van der Waals surface area contributed by atoms with Crippen LogP contribution < -0.4 is 0 Å². The first kappa shape index (κ1) is 6.68. The van der Waals surface area contributed by atoms with Gasteiger partial charge in [0, 0.05) is 0 Å². The average Bonchev–Trinajstić information content (AvgIpc) is 2.73. The van der Waals surface area contributed by atoms with Crippen molar-refractivity contribution in [3.63, 3.8) is 0 Å². The lowest BCUT2D eigenvalue weighted by Gasteiger charge is -2.38. The van der Waals surface area contributed by atoms with E-state index < -0.39 is 0 Å². The zero-order valence-corrected chi connectivity index (χ0v) is 8.11. The first-order valence-corrected chi connectivity index (χ1v) is 5.99. The van der Waals surface area contributed by atoms with E-state index in [1.54, 1.807) is 0 Å². The van der Waals surface area contributed by atoms with Gasteiger partial charge in [0.2, 0.25) is 0 Å². The maximum Gasteiger partial charge on any atom is 0.0772 e. The number of hydrogen-bond acceptors (Lipinski definition) is 1. The second kappa shape index (κ2) is 1.49. The van der Waals surface area contributed by atoms with Crippen LogP contribution in [0.4, 0.5) is 0 Å². The predicted molar refractivity (Wildman–Crippen MR) is 48.3 cm³/mol. The van der Waals surface area contributed by atoms with Gasteiger partial charge in [-0.3, -0.25) is 0 Å². The summed E-state index contributed by atoms with van der Waals surface area (Å²) in [7, 11) is 0. The van der Waals surface area contributed by atoms with Gasteiger partial charge in [-0.2, -0.15) is 0 Å². The van der Waals surface area contributed by atoms with E-state index in [-0.39, 0.29) is 11.0 Å². The van der Waals surface area contributed by atoms with Crippen molar-refractivity contribution in [3.8, 4) is 0 Å². The van der Waals surface area contributed by atoms with Gasteiger partial charge in [-0.1, -0.05) is 0 Å². The van der Waals surface area contributed by atoms with Crippen LogP contribution in [0.5, 0.6) is 0 Å². The summed E-state index contributed by atoms with van der Waals surface area (Å²) in [6.45, 7) is 0. The fraction of sp³-hybridized carbons (Fsp3) is 1.00. The summed E-state index contributed by atoms with van der Waals surface area (Å²) in [5, 5.41) is 10.2. The summed E-state index contributed by atoms with van der Waals surface area (Å²) in [4.78, 5) is -0.141. The zero-order valence-electron chi connectivity index (χ0n) is 7.36. The third kappa shape index (κ3) is 0.379. The van der Waals surface area contributed by atoms with E-state index in [9.17, 15) is 5.11 Å². The molecule has 0 unspecified atom stereocenters. The highest BCUT2D eigenvalue weighted by Gasteiger charge is 2.86. The van der Waals surface area contributed by atoms with Crippen LogP contribution in [0.15, 0.2) is 0 Å². The summed E-state index contributed by atoms with van der Waals surface area (Å²) < 4.78 is 0. The van der Waals surface area contributed by atoms with E-state index in [1.165, 1.54) is 12.8 Å². The van der Waals surface area contributed by atoms with Crippen LogP contribution in [0.3, 0.4) is 0 Å². The Labute approximate surface area is 82.5 Å². The minimum Gasteiger partial charge on any atom is -0.391 e. The van der Waals surface area contributed by atoms with Gasteiger partial charge in [0.1, 0.15) is 0 Å². The maximum absolute atomic E-state index is 10.2. The number of rotatable bonds is 0. The highest BCUT2D eigenvalue weighted by molar-refractivity contribution is 6.26. The van der Waals surface area contributed by atoms with Crippen LogP contribution in [0, 0.1) is 41.4 Å². The van der Waals surface area contributed by atoms with Crippen LogP contribution in [-0.4, -0.2) is 16.1 Å². The van der Waals surface area contributed by atoms with Crippen LogP contribution in [0.25, 0.3) is 0 Å². The Hall–Kier alpha value is 0.250. The lowest BCUT2D eigenvalue weighted by atomic mass is 9.71. The Morgan fingerprint density at radius 2 is 1.92 bits per heavy atom. The van der Waals surface area contributed by atoms with Crippen molar-refractivity contribution in [3.05, 3.63) is 0 Å². The van der Waals surface area contributed by atoms with Gasteiger partial charge in [0.05, 0.1) is 11.0 Å². The predicted octanol–water partition coefficient (Wildman–Crippen LogP) is 1.49. The van der Waals surface area contributed by atoms with Gasteiger partial charge < -0.3 is 5.11 Å². The monoisotopic (exact) mass is 196 g/mol. The molecule has 0 radical (unpaired) electrons. The number of alkyl halides is 1. The van der Waals surface area contributed by atoms with Crippen LogP contribution in [0.2, 0.25) is 0 Å². The molecular weight excluding hydrogens is 184 g/mol. The van der Waals surface area contributed by atoms with E-state index in [1.807, 2.05) is 0 Å². The lowest BCUT2D eigenvalue weighted by Crippen LogP contribution is -2.41. The first-order valence-electron chi connectivity index (χ1n) is 5.61. The Morgan fingerprint density at radius 3 is 2.69 bits per heavy atom. The fourth-order valence-corrected chi connectivity index (χ4v) is 7.21. The molecule has 0 heterocycles. The van der Waals surface area contributed by atoms with E-state index >= 15 is 0 Å². The van der Waals surface area contributed by atoms with Crippen molar-refractivity contribution in [2.75, 3.05) is 0 Å². The third-order valence-corrected chi connectivity index (χ3v) is 7.09. The van der Waals surface area contributed by atoms with Crippen molar-refractivity contribution >= 4 is 11.6 Å². The van der Waals surface area contributed by atoms with Crippen LogP contribution >= 0.6 is 11.6 Å². The molecule has 0 aliphatic heterocycles. The van der Waals surface area contributed by atoms with Crippen molar-refractivity contribution in [1.82, 2.24) is 0 Å². The number of halogens is 1. The molecule has 6 fully saturated rings. The normalized spacial score (nSPS) is 85.4. The Bertz CT molecular complexity index is 326. The molecule has 6 saturated carbocycles. The molecule has 1 nitrogen and oxygen atoms in total. The first-order chi connectivity index (χ1) is 6.24.